The van der Waals surface area contributed by atoms with Crippen LogP contribution in [0.5, 0.6) is 0 Å². The fraction of sp³-hybridized carbons (Fsp3) is 0.385. The van der Waals surface area contributed by atoms with Gasteiger partial charge in [-0.1, -0.05) is 0 Å². The maximum absolute atomic E-state index is 13.1. The van der Waals surface area contributed by atoms with Gasteiger partial charge in [0.05, 0.1) is 5.60 Å². The number of hydrogen-bond acceptors (Lipinski definition) is 1. The molecule has 1 aromatic carbocycles. The summed E-state index contributed by atoms with van der Waals surface area (Å²) in [6.07, 6.45) is 4.05. The fourth-order valence-corrected chi connectivity index (χ4v) is 2.53. The molecule has 3 heteroatoms. The van der Waals surface area contributed by atoms with E-state index in [0.29, 0.717) is 0 Å². The van der Waals surface area contributed by atoms with Gasteiger partial charge in [-0.25, -0.2) is 4.39 Å². The molecule has 0 bridgehead atoms. The number of nitrogens with one attached hydrogen (secondary N) is 1. The van der Waals surface area contributed by atoms with E-state index in [9.17, 15) is 4.39 Å². The number of aromatic nitrogens is 1. The lowest BCUT2D eigenvalue weighted by molar-refractivity contribution is 0.0181. The second-order valence-corrected chi connectivity index (χ2v) is 4.58. The summed E-state index contributed by atoms with van der Waals surface area (Å²) >= 11 is 0. The fourth-order valence-electron chi connectivity index (χ4n) is 2.53. The highest BCUT2D eigenvalue weighted by Crippen LogP contribution is 2.39. The van der Waals surface area contributed by atoms with Gasteiger partial charge in [-0.3, -0.25) is 0 Å². The summed E-state index contributed by atoms with van der Waals surface area (Å²) in [6.45, 7) is 2.91. The van der Waals surface area contributed by atoms with E-state index >= 15 is 0 Å². The molecule has 84 valence electrons. The van der Waals surface area contributed by atoms with E-state index in [1.54, 1.807) is 0 Å². The van der Waals surface area contributed by atoms with Crippen LogP contribution in [0.1, 0.15) is 25.3 Å². The van der Waals surface area contributed by atoms with Crippen LogP contribution in [0.3, 0.4) is 0 Å². The molecule has 1 atom stereocenters. The van der Waals surface area contributed by atoms with Gasteiger partial charge in [-0.05, 0) is 38.0 Å². The Labute approximate surface area is 93.4 Å². The average Bonchev–Trinajstić information content (AvgIpc) is 2.84. The van der Waals surface area contributed by atoms with Crippen LogP contribution in [0.2, 0.25) is 0 Å². The number of hydrogen-bond donors (Lipinski definition) is 1. The van der Waals surface area contributed by atoms with Crippen LogP contribution < -0.4 is 0 Å². The van der Waals surface area contributed by atoms with Gasteiger partial charge in [-0.2, -0.15) is 0 Å². The van der Waals surface area contributed by atoms with Gasteiger partial charge in [0.1, 0.15) is 5.82 Å². The van der Waals surface area contributed by atoms with Gasteiger partial charge in [0.15, 0.2) is 0 Å². The minimum absolute atomic E-state index is 0.210. The summed E-state index contributed by atoms with van der Waals surface area (Å²) in [5.41, 5.74) is 1.77. The second-order valence-electron chi connectivity index (χ2n) is 4.58. The zero-order valence-corrected chi connectivity index (χ0v) is 9.22. The minimum Gasteiger partial charge on any atom is -0.371 e. The number of H-pyrrole nitrogens is 1. The molecular formula is C13H14FNO. The predicted molar refractivity (Wildman–Crippen MR) is 60.8 cm³/mol. The van der Waals surface area contributed by atoms with Crippen LogP contribution in [0, 0.1) is 5.82 Å². The smallest absolute Gasteiger partial charge is 0.125 e. The highest BCUT2D eigenvalue weighted by atomic mass is 19.1. The van der Waals surface area contributed by atoms with Gasteiger partial charge in [0, 0.05) is 29.3 Å². The van der Waals surface area contributed by atoms with Crippen LogP contribution in [-0.4, -0.2) is 11.6 Å². The summed E-state index contributed by atoms with van der Waals surface area (Å²) in [6, 6.07) is 4.85. The van der Waals surface area contributed by atoms with Crippen molar-refractivity contribution in [2.24, 2.45) is 0 Å². The minimum atomic E-state index is -0.212. The first-order valence-corrected chi connectivity index (χ1v) is 5.60. The van der Waals surface area contributed by atoms with Crippen LogP contribution in [0.4, 0.5) is 4.39 Å². The normalized spacial score (nSPS) is 25.4. The summed E-state index contributed by atoms with van der Waals surface area (Å²) in [5.74, 6) is -0.210. The number of aromatic amines is 1. The molecule has 1 fully saturated rings. The summed E-state index contributed by atoms with van der Waals surface area (Å²) < 4.78 is 18.9. The molecule has 0 aliphatic carbocycles. The molecule has 1 aliphatic rings. The number of fused-ring (bicyclic) bond motifs is 1. The molecule has 0 radical (unpaired) electrons. The standard InChI is InChI=1S/C13H14FNO/c1-13(5-2-6-16-13)11-8-15-12-7-9(14)3-4-10(11)12/h3-4,7-8,15H,2,5-6H2,1H3. The third-order valence-electron chi connectivity index (χ3n) is 3.43. The van der Waals surface area contributed by atoms with E-state index in [-0.39, 0.29) is 11.4 Å². The molecule has 1 aromatic heterocycles. The lowest BCUT2D eigenvalue weighted by Gasteiger charge is -2.22. The molecule has 3 rings (SSSR count). The molecule has 0 amide bonds. The van der Waals surface area contributed by atoms with E-state index in [0.717, 1.165) is 35.9 Å². The Morgan fingerprint density at radius 1 is 1.44 bits per heavy atom. The first-order valence-electron chi connectivity index (χ1n) is 5.60. The van der Waals surface area contributed by atoms with Gasteiger partial charge in [-0.15, -0.1) is 0 Å². The molecule has 2 heterocycles. The van der Waals surface area contributed by atoms with Gasteiger partial charge >= 0.3 is 0 Å². The van der Waals surface area contributed by atoms with Crippen molar-refractivity contribution >= 4 is 10.9 Å². The van der Waals surface area contributed by atoms with E-state index in [1.807, 2.05) is 12.3 Å². The topological polar surface area (TPSA) is 25.0 Å². The van der Waals surface area contributed by atoms with Gasteiger partial charge in [0.25, 0.3) is 0 Å². The van der Waals surface area contributed by atoms with Crippen molar-refractivity contribution in [2.45, 2.75) is 25.4 Å². The van der Waals surface area contributed by atoms with Crippen molar-refractivity contribution in [3.05, 3.63) is 35.8 Å². The maximum atomic E-state index is 13.1. The van der Waals surface area contributed by atoms with Crippen molar-refractivity contribution in [3.8, 4) is 0 Å². The first-order chi connectivity index (χ1) is 7.69. The van der Waals surface area contributed by atoms with Crippen molar-refractivity contribution < 1.29 is 9.13 Å². The van der Waals surface area contributed by atoms with Crippen molar-refractivity contribution in [3.63, 3.8) is 0 Å². The molecule has 2 aromatic rings. The Bertz CT molecular complexity index is 526. The summed E-state index contributed by atoms with van der Waals surface area (Å²) in [5, 5.41) is 1.06. The Balaban J connectivity index is 2.17. The third-order valence-corrected chi connectivity index (χ3v) is 3.43. The molecule has 2 nitrogen and oxygen atoms in total. The monoisotopic (exact) mass is 219 g/mol. The Morgan fingerprint density at radius 3 is 3.06 bits per heavy atom. The highest BCUT2D eigenvalue weighted by Gasteiger charge is 2.33. The molecule has 0 saturated carbocycles. The largest absolute Gasteiger partial charge is 0.371 e. The number of ether oxygens (including phenoxy) is 1. The zero-order chi connectivity index (χ0) is 11.2. The quantitative estimate of drug-likeness (QED) is 0.781. The van der Waals surface area contributed by atoms with E-state index in [2.05, 4.69) is 11.9 Å². The van der Waals surface area contributed by atoms with Crippen LogP contribution in [0.15, 0.2) is 24.4 Å². The van der Waals surface area contributed by atoms with Crippen LogP contribution >= 0.6 is 0 Å². The number of halogens is 1. The zero-order valence-electron chi connectivity index (χ0n) is 9.22. The van der Waals surface area contributed by atoms with Crippen LogP contribution in [0.25, 0.3) is 10.9 Å². The Kier molecular flexibility index (Phi) is 2.04. The van der Waals surface area contributed by atoms with Crippen LogP contribution in [-0.2, 0) is 10.3 Å². The predicted octanol–water partition coefficient (Wildman–Crippen LogP) is 3.33. The van der Waals surface area contributed by atoms with Crippen molar-refractivity contribution in [2.75, 3.05) is 6.61 Å². The highest BCUT2D eigenvalue weighted by molar-refractivity contribution is 5.84. The molecule has 1 saturated heterocycles. The van der Waals surface area contributed by atoms with Gasteiger partial charge in [0.2, 0.25) is 0 Å². The van der Waals surface area contributed by atoms with Crippen molar-refractivity contribution in [1.29, 1.82) is 0 Å². The third kappa shape index (κ3) is 1.35. The maximum Gasteiger partial charge on any atom is 0.125 e. The second kappa shape index (κ2) is 3.32. The Hall–Kier alpha value is -1.35. The number of rotatable bonds is 1. The molecule has 1 unspecified atom stereocenters. The SMILES string of the molecule is CC1(c2c[nH]c3cc(F)ccc23)CCCO1. The average molecular weight is 219 g/mol. The lowest BCUT2D eigenvalue weighted by Crippen LogP contribution is -2.19. The summed E-state index contributed by atoms with van der Waals surface area (Å²) in [7, 11) is 0. The molecule has 1 N–H and O–H groups in total. The summed E-state index contributed by atoms with van der Waals surface area (Å²) in [4.78, 5) is 3.11. The number of benzene rings is 1. The van der Waals surface area contributed by atoms with Crippen molar-refractivity contribution in [1.82, 2.24) is 4.98 Å². The molecule has 16 heavy (non-hydrogen) atoms. The van der Waals surface area contributed by atoms with E-state index in [1.165, 1.54) is 12.1 Å². The first kappa shape index (κ1) is 9.85. The molecule has 1 aliphatic heterocycles. The molecular weight excluding hydrogens is 205 g/mol. The lowest BCUT2D eigenvalue weighted by atomic mass is 9.93. The van der Waals surface area contributed by atoms with E-state index in [4.69, 9.17) is 4.74 Å². The van der Waals surface area contributed by atoms with Gasteiger partial charge < -0.3 is 9.72 Å². The van der Waals surface area contributed by atoms with E-state index < -0.39 is 0 Å². The molecule has 0 spiro atoms. The Morgan fingerprint density at radius 2 is 2.31 bits per heavy atom.